The molecule has 0 radical (unpaired) electrons. The minimum Gasteiger partial charge on any atom is -0.463 e. The number of fused-ring (bicyclic) bond motifs is 3. The molecule has 4 aromatic rings. The number of para-hydroxylation sites is 1. The van der Waals surface area contributed by atoms with Crippen molar-refractivity contribution >= 4 is 28.4 Å². The van der Waals surface area contributed by atoms with Gasteiger partial charge in [0.2, 0.25) is 0 Å². The van der Waals surface area contributed by atoms with Crippen LogP contribution in [-0.4, -0.2) is 102 Å². The van der Waals surface area contributed by atoms with Crippen LogP contribution in [0, 0.1) is 11.3 Å². The topological polar surface area (TPSA) is 117 Å². The highest BCUT2D eigenvalue weighted by Gasteiger charge is 2.46. The number of hydrogen-bond acceptors (Lipinski definition) is 11. The first kappa shape index (κ1) is 34.9. The fourth-order valence-corrected chi connectivity index (χ4v) is 7.77. The van der Waals surface area contributed by atoms with Crippen LogP contribution in [0.3, 0.4) is 0 Å². The summed E-state index contributed by atoms with van der Waals surface area (Å²) in [6.07, 6.45) is 1.79. The van der Waals surface area contributed by atoms with Crippen LogP contribution < -0.4 is 19.3 Å². The number of aromatic nitrogens is 2. The summed E-state index contributed by atoms with van der Waals surface area (Å²) in [7, 11) is 0. The second-order valence-electron chi connectivity index (χ2n) is 15.3. The van der Waals surface area contributed by atoms with Crippen molar-refractivity contribution in [3.05, 3.63) is 78.0 Å². The molecular weight excluding hydrogens is 670 g/mol. The van der Waals surface area contributed by atoms with Crippen molar-refractivity contribution in [1.82, 2.24) is 19.8 Å². The number of nitrogens with zero attached hydrogens (tertiary/aromatic N) is 7. The van der Waals surface area contributed by atoms with Gasteiger partial charge in [-0.2, -0.15) is 15.2 Å². The summed E-state index contributed by atoms with van der Waals surface area (Å²) in [6, 6.07) is 25.3. The van der Waals surface area contributed by atoms with Crippen molar-refractivity contribution in [2.24, 2.45) is 0 Å². The lowest BCUT2D eigenvalue weighted by molar-refractivity contribution is -0.214. The zero-order chi connectivity index (χ0) is 36.5. The van der Waals surface area contributed by atoms with E-state index >= 15 is 0 Å². The molecule has 3 fully saturated rings. The van der Waals surface area contributed by atoms with Crippen molar-refractivity contribution in [1.29, 1.82) is 5.26 Å². The zero-order valence-electron chi connectivity index (χ0n) is 30.7. The number of anilines is 2. The lowest BCUT2D eigenvalue weighted by Gasteiger charge is -2.55. The van der Waals surface area contributed by atoms with Gasteiger partial charge in [-0.25, -0.2) is 4.79 Å². The van der Waals surface area contributed by atoms with Gasteiger partial charge in [0.25, 0.3) is 0 Å². The van der Waals surface area contributed by atoms with Gasteiger partial charge in [0.05, 0.1) is 56.1 Å². The number of morpholine rings is 1. The van der Waals surface area contributed by atoms with E-state index in [-0.39, 0.29) is 12.5 Å². The Labute approximate surface area is 310 Å². The lowest BCUT2D eigenvalue weighted by Crippen LogP contribution is -2.70. The Kier molecular flexibility index (Phi) is 9.70. The highest BCUT2D eigenvalue weighted by Crippen LogP contribution is 2.38. The first-order valence-electron chi connectivity index (χ1n) is 18.7. The molecule has 0 saturated carbocycles. The Morgan fingerprint density at radius 1 is 0.981 bits per heavy atom. The molecule has 0 spiro atoms. The third kappa shape index (κ3) is 7.54. The highest BCUT2D eigenvalue weighted by atomic mass is 16.6. The Balaban J connectivity index is 1.07. The SMILES string of the molecule is CC(C)(C)OC(=O)N1CCN(c2nc(OCCCN3CC4OC[C@H]43)nc3c2CCN(c2cc(Oc4ccccc4)cc4ccccc24)C3)CC1CC#N. The third-order valence-electron chi connectivity index (χ3n) is 10.5. The Morgan fingerprint density at radius 2 is 1.81 bits per heavy atom. The average molecular weight is 718 g/mol. The van der Waals surface area contributed by atoms with Gasteiger partial charge in [-0.15, -0.1) is 0 Å². The quantitative estimate of drug-likeness (QED) is 0.175. The van der Waals surface area contributed by atoms with Gasteiger partial charge in [-0.3, -0.25) is 4.90 Å². The summed E-state index contributed by atoms with van der Waals surface area (Å²) < 4.78 is 23.9. The van der Waals surface area contributed by atoms with Gasteiger partial charge >= 0.3 is 12.1 Å². The molecule has 5 heterocycles. The summed E-state index contributed by atoms with van der Waals surface area (Å²) in [4.78, 5) is 32.0. The fourth-order valence-electron chi connectivity index (χ4n) is 7.77. The highest BCUT2D eigenvalue weighted by molar-refractivity contribution is 5.96. The molecule has 4 aliphatic rings. The van der Waals surface area contributed by atoms with Crippen LogP contribution in [0.25, 0.3) is 10.8 Å². The van der Waals surface area contributed by atoms with Gasteiger partial charge in [0.15, 0.2) is 0 Å². The van der Waals surface area contributed by atoms with Crippen molar-refractivity contribution < 1.29 is 23.7 Å². The summed E-state index contributed by atoms with van der Waals surface area (Å²) in [5, 5.41) is 12.0. The standard InChI is InChI=1S/C41H47N7O5/c1-41(2,3)53-40(49)48-20-19-47(24-29(48)14-16-42)38-33-15-18-46(25-34(33)43-39(44-38)50-21-9-17-45-26-37-36(45)27-51-37)35-23-31(52-30-11-5-4-6-12-30)22-28-10-7-8-13-32(28)35/h4-8,10-13,22-23,29,36-37H,9,14-15,17-21,24-27H2,1-3H3/t29?,36-,37?/m1/s1. The van der Waals surface area contributed by atoms with Crippen molar-refractivity contribution in [3.8, 4) is 23.6 Å². The minimum absolute atomic E-state index is 0.192. The summed E-state index contributed by atoms with van der Waals surface area (Å²) in [5.41, 5.74) is 2.44. The first-order chi connectivity index (χ1) is 25.7. The molecular formula is C41H47N7O5. The van der Waals surface area contributed by atoms with E-state index in [9.17, 15) is 10.1 Å². The maximum atomic E-state index is 13.2. The van der Waals surface area contributed by atoms with Gasteiger partial charge in [-0.1, -0.05) is 42.5 Å². The molecule has 0 N–H and O–H groups in total. The molecule has 4 aliphatic heterocycles. The smallest absolute Gasteiger partial charge is 0.410 e. The van der Waals surface area contributed by atoms with Crippen molar-refractivity contribution in [2.45, 2.75) is 70.4 Å². The Bertz CT molecular complexity index is 2000. The van der Waals surface area contributed by atoms with Gasteiger partial charge in [0.1, 0.15) is 22.9 Å². The maximum Gasteiger partial charge on any atom is 0.410 e. The second-order valence-corrected chi connectivity index (χ2v) is 15.3. The van der Waals surface area contributed by atoms with Crippen LogP contribution in [0.5, 0.6) is 17.5 Å². The lowest BCUT2D eigenvalue weighted by atomic mass is 9.95. The van der Waals surface area contributed by atoms with E-state index in [2.05, 4.69) is 57.2 Å². The molecule has 0 bridgehead atoms. The number of rotatable bonds is 10. The second kappa shape index (κ2) is 14.7. The largest absolute Gasteiger partial charge is 0.463 e. The molecule has 276 valence electrons. The Hall–Kier alpha value is -5.12. The van der Waals surface area contributed by atoms with E-state index in [1.54, 1.807) is 4.90 Å². The van der Waals surface area contributed by atoms with Crippen LogP contribution in [0.2, 0.25) is 0 Å². The number of amides is 1. The van der Waals surface area contributed by atoms with Crippen LogP contribution >= 0.6 is 0 Å². The molecule has 3 atom stereocenters. The van der Waals surface area contributed by atoms with E-state index in [0.29, 0.717) is 50.9 Å². The molecule has 2 unspecified atom stereocenters. The van der Waals surface area contributed by atoms with E-state index in [1.807, 2.05) is 51.1 Å². The normalized spacial score (nSPS) is 21.2. The predicted molar refractivity (Wildman–Crippen MR) is 202 cm³/mol. The molecule has 12 heteroatoms. The number of carbonyl (C=O) groups excluding carboxylic acids is 1. The minimum atomic E-state index is -0.628. The summed E-state index contributed by atoms with van der Waals surface area (Å²) in [5.74, 6) is 2.38. The van der Waals surface area contributed by atoms with E-state index in [1.165, 1.54) is 0 Å². The van der Waals surface area contributed by atoms with Crippen molar-refractivity contribution in [2.75, 3.05) is 62.3 Å². The zero-order valence-corrected chi connectivity index (χ0v) is 30.7. The monoisotopic (exact) mass is 717 g/mol. The number of hydrogen-bond donors (Lipinski definition) is 0. The van der Waals surface area contributed by atoms with Gasteiger partial charge in [0, 0.05) is 62.0 Å². The molecule has 53 heavy (non-hydrogen) atoms. The van der Waals surface area contributed by atoms with E-state index in [0.717, 1.165) is 84.1 Å². The molecule has 3 saturated heterocycles. The van der Waals surface area contributed by atoms with Crippen molar-refractivity contribution in [3.63, 3.8) is 0 Å². The summed E-state index contributed by atoms with van der Waals surface area (Å²) >= 11 is 0. The van der Waals surface area contributed by atoms with Crippen LogP contribution in [0.1, 0.15) is 44.9 Å². The number of likely N-dealkylation sites (tertiary alicyclic amines) is 1. The molecule has 1 amide bonds. The summed E-state index contributed by atoms with van der Waals surface area (Å²) in [6.45, 7) is 11.6. The number of nitriles is 1. The molecule has 12 nitrogen and oxygen atoms in total. The predicted octanol–water partition coefficient (Wildman–Crippen LogP) is 6.18. The number of ether oxygens (including phenoxy) is 4. The van der Waals surface area contributed by atoms with Gasteiger partial charge < -0.3 is 33.6 Å². The van der Waals surface area contributed by atoms with E-state index < -0.39 is 11.7 Å². The number of piperazine rings is 1. The van der Waals surface area contributed by atoms with Crippen LogP contribution in [0.15, 0.2) is 66.7 Å². The molecule has 3 aromatic carbocycles. The van der Waals surface area contributed by atoms with Gasteiger partial charge in [-0.05, 0) is 57.2 Å². The maximum absolute atomic E-state index is 13.2. The molecule has 0 aliphatic carbocycles. The first-order valence-corrected chi connectivity index (χ1v) is 18.7. The van der Waals surface area contributed by atoms with E-state index in [4.69, 9.17) is 28.9 Å². The molecule has 8 rings (SSSR count). The fraction of sp³-hybridized carbons (Fsp3) is 0.463. The third-order valence-corrected chi connectivity index (χ3v) is 10.5. The number of carbonyl (C=O) groups is 1. The average Bonchev–Trinajstić information content (AvgIpc) is 3.14. The Morgan fingerprint density at radius 3 is 2.57 bits per heavy atom. The van der Waals surface area contributed by atoms with Crippen LogP contribution in [0.4, 0.5) is 16.3 Å². The number of benzene rings is 3. The van der Waals surface area contributed by atoms with Crippen LogP contribution in [-0.2, 0) is 22.4 Å². The molecule has 1 aromatic heterocycles.